The van der Waals surface area contributed by atoms with Gasteiger partial charge in [-0.3, -0.25) is 4.31 Å². The minimum Gasteiger partial charge on any atom is -0.399 e. The molecular weight excluding hydrogens is 286 g/mol. The molecular formula is C15H15N3O2S. The Morgan fingerprint density at radius 1 is 1.19 bits per heavy atom. The van der Waals surface area contributed by atoms with Crippen molar-refractivity contribution in [2.75, 3.05) is 17.1 Å². The average molecular weight is 301 g/mol. The van der Waals surface area contributed by atoms with Gasteiger partial charge in [-0.1, -0.05) is 18.2 Å². The van der Waals surface area contributed by atoms with Crippen LogP contribution in [-0.2, 0) is 10.0 Å². The van der Waals surface area contributed by atoms with Gasteiger partial charge in [0.05, 0.1) is 11.3 Å². The van der Waals surface area contributed by atoms with Crippen LogP contribution < -0.4 is 10.0 Å². The molecule has 0 aliphatic heterocycles. The molecule has 2 aromatic rings. The Labute approximate surface area is 124 Å². The van der Waals surface area contributed by atoms with Crippen LogP contribution in [-0.4, -0.2) is 15.5 Å². The summed E-state index contributed by atoms with van der Waals surface area (Å²) in [5, 5.41) is 9.12. The number of para-hydroxylation sites is 1. The molecule has 0 saturated carbocycles. The molecule has 2 N–H and O–H groups in total. The molecule has 2 rings (SSSR count). The van der Waals surface area contributed by atoms with E-state index < -0.39 is 10.0 Å². The van der Waals surface area contributed by atoms with Crippen LogP contribution >= 0.6 is 0 Å². The molecule has 0 unspecified atom stereocenters. The van der Waals surface area contributed by atoms with E-state index in [1.807, 2.05) is 25.1 Å². The first-order valence-electron chi connectivity index (χ1n) is 6.22. The fraction of sp³-hybridized carbons (Fsp3) is 0.133. The Morgan fingerprint density at radius 3 is 2.48 bits per heavy atom. The first kappa shape index (κ1) is 14.9. The zero-order chi connectivity index (χ0) is 15.6. The molecule has 0 aromatic heterocycles. The minimum absolute atomic E-state index is 0.0374. The molecule has 0 bridgehead atoms. The summed E-state index contributed by atoms with van der Waals surface area (Å²) in [5.41, 5.74) is 7.39. The number of nitriles is 1. The van der Waals surface area contributed by atoms with Gasteiger partial charge in [-0.15, -0.1) is 0 Å². The van der Waals surface area contributed by atoms with Crippen LogP contribution in [0.25, 0.3) is 0 Å². The summed E-state index contributed by atoms with van der Waals surface area (Å²) in [6.07, 6.45) is 0. The van der Waals surface area contributed by atoms with E-state index in [4.69, 9.17) is 11.0 Å². The summed E-state index contributed by atoms with van der Waals surface area (Å²) in [7, 11) is -2.35. The van der Waals surface area contributed by atoms with E-state index in [-0.39, 0.29) is 10.5 Å². The fourth-order valence-electron chi connectivity index (χ4n) is 2.05. The molecule has 5 nitrogen and oxygen atoms in total. The van der Waals surface area contributed by atoms with Crippen LogP contribution in [0, 0.1) is 18.3 Å². The van der Waals surface area contributed by atoms with Gasteiger partial charge in [0.15, 0.2) is 0 Å². The van der Waals surface area contributed by atoms with Crippen LogP contribution in [0.1, 0.15) is 11.1 Å². The maximum Gasteiger partial charge on any atom is 0.265 e. The minimum atomic E-state index is -3.82. The lowest BCUT2D eigenvalue weighted by Gasteiger charge is -2.22. The predicted octanol–water partition coefficient (Wildman–Crippen LogP) is 2.27. The van der Waals surface area contributed by atoms with Crippen molar-refractivity contribution in [1.29, 1.82) is 5.26 Å². The molecule has 2 aromatic carbocycles. The van der Waals surface area contributed by atoms with Gasteiger partial charge in [0.1, 0.15) is 11.0 Å². The second-order valence-electron chi connectivity index (χ2n) is 4.63. The fourth-order valence-corrected chi connectivity index (χ4v) is 3.43. The van der Waals surface area contributed by atoms with E-state index in [2.05, 4.69) is 0 Å². The molecule has 6 heteroatoms. The third-order valence-corrected chi connectivity index (χ3v) is 5.05. The maximum absolute atomic E-state index is 12.7. The van der Waals surface area contributed by atoms with E-state index in [0.717, 1.165) is 5.56 Å². The second-order valence-corrected chi connectivity index (χ2v) is 6.56. The summed E-state index contributed by atoms with van der Waals surface area (Å²) in [5.74, 6) is 0. The molecule has 0 aliphatic carbocycles. The molecule has 0 radical (unpaired) electrons. The summed E-state index contributed by atoms with van der Waals surface area (Å²) < 4.78 is 26.6. The summed E-state index contributed by atoms with van der Waals surface area (Å²) in [4.78, 5) is -0.0510. The van der Waals surface area contributed by atoms with Crippen molar-refractivity contribution >= 4 is 21.4 Å². The zero-order valence-corrected chi connectivity index (χ0v) is 12.6. The largest absolute Gasteiger partial charge is 0.399 e. The molecule has 0 heterocycles. The van der Waals surface area contributed by atoms with Crippen molar-refractivity contribution in [3.8, 4) is 6.07 Å². The molecule has 0 spiro atoms. The van der Waals surface area contributed by atoms with Gasteiger partial charge in [-0.2, -0.15) is 5.26 Å². The third-order valence-electron chi connectivity index (χ3n) is 3.22. The Kier molecular flexibility index (Phi) is 3.87. The van der Waals surface area contributed by atoms with Gasteiger partial charge in [-0.25, -0.2) is 8.42 Å². The number of nitrogens with zero attached hydrogens (tertiary/aromatic N) is 2. The van der Waals surface area contributed by atoms with Crippen molar-refractivity contribution in [3.63, 3.8) is 0 Å². The normalized spacial score (nSPS) is 10.9. The van der Waals surface area contributed by atoms with Gasteiger partial charge >= 0.3 is 0 Å². The van der Waals surface area contributed by atoms with Crippen LogP contribution in [0.4, 0.5) is 11.4 Å². The number of benzene rings is 2. The molecule has 0 aliphatic rings. The van der Waals surface area contributed by atoms with E-state index in [0.29, 0.717) is 11.4 Å². The van der Waals surface area contributed by atoms with E-state index in [1.54, 1.807) is 12.1 Å². The Bertz CT molecular complexity index is 823. The molecule has 0 amide bonds. The topological polar surface area (TPSA) is 87.2 Å². The third kappa shape index (κ3) is 2.69. The van der Waals surface area contributed by atoms with Crippen molar-refractivity contribution in [2.24, 2.45) is 0 Å². The van der Waals surface area contributed by atoms with Crippen molar-refractivity contribution in [2.45, 2.75) is 11.8 Å². The standard InChI is InChI=1S/C15H15N3O2S/c1-11-5-3-4-6-14(11)18(2)21(19,20)15-8-7-13(17)9-12(15)10-16/h3-9H,17H2,1-2H3. The van der Waals surface area contributed by atoms with Gasteiger partial charge in [0, 0.05) is 12.7 Å². The number of nitrogen functional groups attached to an aromatic ring is 1. The molecule has 0 atom stereocenters. The van der Waals surface area contributed by atoms with Crippen molar-refractivity contribution < 1.29 is 8.42 Å². The van der Waals surface area contributed by atoms with E-state index >= 15 is 0 Å². The lowest BCUT2D eigenvalue weighted by Crippen LogP contribution is -2.27. The second kappa shape index (κ2) is 5.46. The highest BCUT2D eigenvalue weighted by Gasteiger charge is 2.25. The van der Waals surface area contributed by atoms with Crippen LogP contribution in [0.5, 0.6) is 0 Å². The molecule has 21 heavy (non-hydrogen) atoms. The van der Waals surface area contributed by atoms with Crippen LogP contribution in [0.15, 0.2) is 47.4 Å². The number of rotatable bonds is 3. The number of hydrogen-bond acceptors (Lipinski definition) is 4. The lowest BCUT2D eigenvalue weighted by molar-refractivity contribution is 0.594. The summed E-state index contributed by atoms with van der Waals surface area (Å²) in [6, 6.07) is 13.2. The van der Waals surface area contributed by atoms with E-state index in [9.17, 15) is 8.42 Å². The predicted molar refractivity (Wildman–Crippen MR) is 82.3 cm³/mol. The summed E-state index contributed by atoms with van der Waals surface area (Å²) >= 11 is 0. The van der Waals surface area contributed by atoms with Crippen LogP contribution in [0.3, 0.4) is 0 Å². The highest BCUT2D eigenvalue weighted by molar-refractivity contribution is 7.92. The number of nitrogens with two attached hydrogens (primary N) is 1. The first-order valence-corrected chi connectivity index (χ1v) is 7.66. The molecule has 0 saturated heterocycles. The SMILES string of the molecule is Cc1ccccc1N(C)S(=O)(=O)c1ccc(N)cc1C#N. The number of anilines is 2. The van der Waals surface area contributed by atoms with E-state index in [1.165, 1.54) is 29.6 Å². The lowest BCUT2D eigenvalue weighted by atomic mass is 10.2. The monoisotopic (exact) mass is 301 g/mol. The summed E-state index contributed by atoms with van der Waals surface area (Å²) in [6.45, 7) is 1.83. The highest BCUT2D eigenvalue weighted by Crippen LogP contribution is 2.27. The first-order chi connectivity index (χ1) is 9.87. The van der Waals surface area contributed by atoms with Gasteiger partial charge < -0.3 is 5.73 Å². The van der Waals surface area contributed by atoms with Crippen LogP contribution in [0.2, 0.25) is 0 Å². The van der Waals surface area contributed by atoms with Crippen molar-refractivity contribution in [1.82, 2.24) is 0 Å². The number of aryl methyl sites for hydroxylation is 1. The average Bonchev–Trinajstić information content (AvgIpc) is 2.46. The van der Waals surface area contributed by atoms with Gasteiger partial charge in [0.2, 0.25) is 0 Å². The smallest absolute Gasteiger partial charge is 0.265 e. The Balaban J connectivity index is 2.58. The number of hydrogen-bond donors (Lipinski definition) is 1. The molecule has 0 fully saturated rings. The Hall–Kier alpha value is -2.52. The van der Waals surface area contributed by atoms with Gasteiger partial charge in [-0.05, 0) is 36.8 Å². The van der Waals surface area contributed by atoms with Gasteiger partial charge in [0.25, 0.3) is 10.0 Å². The Morgan fingerprint density at radius 2 is 1.86 bits per heavy atom. The zero-order valence-electron chi connectivity index (χ0n) is 11.7. The maximum atomic E-state index is 12.7. The highest BCUT2D eigenvalue weighted by atomic mass is 32.2. The van der Waals surface area contributed by atoms with Crippen molar-refractivity contribution in [3.05, 3.63) is 53.6 Å². The quantitative estimate of drug-likeness (QED) is 0.881. The number of sulfonamides is 1. The molecule has 108 valence electrons.